The average molecular weight is 350 g/mol. The summed E-state index contributed by atoms with van der Waals surface area (Å²) in [6, 6.07) is 11.7. The lowest BCUT2D eigenvalue weighted by molar-refractivity contribution is 0.391. The summed E-state index contributed by atoms with van der Waals surface area (Å²) in [5.74, 6) is -0.539. The van der Waals surface area contributed by atoms with Gasteiger partial charge in [-0.1, -0.05) is 31.2 Å². The average Bonchev–Trinajstić information content (AvgIpc) is 2.96. The van der Waals surface area contributed by atoms with Crippen LogP contribution in [0.1, 0.15) is 36.0 Å². The predicted molar refractivity (Wildman–Crippen MR) is 91.7 cm³/mol. The van der Waals surface area contributed by atoms with Crippen LogP contribution >= 0.6 is 11.3 Å². The SMILES string of the molecule is CCCS(=O)(=O)ONc1sccc1C(C#N)c1ccccc1C. The van der Waals surface area contributed by atoms with Gasteiger partial charge in [0.2, 0.25) is 0 Å². The van der Waals surface area contributed by atoms with Crippen molar-refractivity contribution in [2.75, 3.05) is 11.2 Å². The molecule has 1 N–H and O–H groups in total. The van der Waals surface area contributed by atoms with Crippen LogP contribution in [-0.2, 0) is 14.4 Å². The van der Waals surface area contributed by atoms with Gasteiger partial charge in [0, 0.05) is 5.56 Å². The lowest BCUT2D eigenvalue weighted by Gasteiger charge is -2.14. The van der Waals surface area contributed by atoms with Gasteiger partial charge in [0.15, 0.2) is 0 Å². The number of nitrogens with one attached hydrogen (secondary N) is 1. The van der Waals surface area contributed by atoms with E-state index in [1.807, 2.05) is 37.3 Å². The molecule has 0 aliphatic heterocycles. The first-order valence-corrected chi connectivity index (χ1v) is 9.64. The van der Waals surface area contributed by atoms with Crippen LogP contribution in [0.3, 0.4) is 0 Å². The van der Waals surface area contributed by atoms with Crippen molar-refractivity contribution < 1.29 is 12.7 Å². The molecule has 0 radical (unpaired) electrons. The number of benzene rings is 1. The van der Waals surface area contributed by atoms with E-state index in [9.17, 15) is 13.7 Å². The topological polar surface area (TPSA) is 79.2 Å². The van der Waals surface area contributed by atoms with Crippen LogP contribution in [0, 0.1) is 18.3 Å². The summed E-state index contributed by atoms with van der Waals surface area (Å²) in [4.78, 5) is 0. The lowest BCUT2D eigenvalue weighted by atomic mass is 9.91. The smallest absolute Gasteiger partial charge is 0.239 e. The largest absolute Gasteiger partial charge is 0.287 e. The highest BCUT2D eigenvalue weighted by Crippen LogP contribution is 2.35. The van der Waals surface area contributed by atoms with Crippen LogP contribution in [0.5, 0.6) is 0 Å². The van der Waals surface area contributed by atoms with Gasteiger partial charge in [-0.05, 0) is 35.9 Å². The molecule has 5 nitrogen and oxygen atoms in total. The van der Waals surface area contributed by atoms with E-state index in [1.165, 1.54) is 11.3 Å². The molecule has 23 heavy (non-hydrogen) atoms. The van der Waals surface area contributed by atoms with Gasteiger partial charge in [0.25, 0.3) is 10.1 Å². The fraction of sp³-hybridized carbons (Fsp3) is 0.312. The summed E-state index contributed by atoms with van der Waals surface area (Å²) in [5.41, 5.74) is 5.11. The van der Waals surface area contributed by atoms with E-state index in [-0.39, 0.29) is 5.75 Å². The van der Waals surface area contributed by atoms with Gasteiger partial charge >= 0.3 is 0 Å². The van der Waals surface area contributed by atoms with Crippen molar-refractivity contribution in [2.45, 2.75) is 26.2 Å². The summed E-state index contributed by atoms with van der Waals surface area (Å²) >= 11 is 1.30. The van der Waals surface area contributed by atoms with Crippen molar-refractivity contribution in [1.82, 2.24) is 0 Å². The maximum Gasteiger partial charge on any atom is 0.287 e. The number of rotatable bonds is 7. The Balaban J connectivity index is 2.26. The van der Waals surface area contributed by atoms with Crippen LogP contribution in [-0.4, -0.2) is 14.2 Å². The van der Waals surface area contributed by atoms with Gasteiger partial charge in [-0.3, -0.25) is 0 Å². The fourth-order valence-corrected chi connectivity index (χ4v) is 3.85. The first kappa shape index (κ1) is 17.5. The molecule has 0 bridgehead atoms. The maximum atomic E-state index is 11.7. The standard InChI is InChI=1S/C16H18N2O3S2/c1-3-10-23(19,20)21-18-16-14(8-9-22-16)15(11-17)13-7-5-4-6-12(13)2/h4-9,15,18H,3,10H2,1-2H3. The third-order valence-corrected chi connectivity index (χ3v) is 5.42. The third kappa shape index (κ3) is 4.32. The minimum absolute atomic E-state index is 0.0554. The number of nitrogens with zero attached hydrogens (tertiary/aromatic N) is 1. The minimum atomic E-state index is -3.62. The molecule has 1 aromatic heterocycles. The van der Waals surface area contributed by atoms with E-state index < -0.39 is 16.0 Å². The van der Waals surface area contributed by atoms with Crippen molar-refractivity contribution in [1.29, 1.82) is 5.26 Å². The van der Waals surface area contributed by atoms with E-state index >= 15 is 0 Å². The molecule has 1 heterocycles. The zero-order chi connectivity index (χ0) is 16.9. The highest BCUT2D eigenvalue weighted by molar-refractivity contribution is 7.86. The van der Waals surface area contributed by atoms with Crippen LogP contribution in [0.15, 0.2) is 35.7 Å². The second kappa shape index (κ2) is 7.59. The molecular formula is C16H18N2O3S2. The minimum Gasteiger partial charge on any atom is -0.239 e. The van der Waals surface area contributed by atoms with E-state index in [2.05, 4.69) is 11.5 Å². The van der Waals surface area contributed by atoms with Crippen molar-refractivity contribution in [3.8, 4) is 6.07 Å². The van der Waals surface area contributed by atoms with Gasteiger partial charge in [-0.15, -0.1) is 11.3 Å². The Morgan fingerprint density at radius 2 is 2.04 bits per heavy atom. The van der Waals surface area contributed by atoms with Gasteiger partial charge in [0.1, 0.15) is 5.00 Å². The monoisotopic (exact) mass is 350 g/mol. The molecule has 0 saturated heterocycles. The molecule has 1 unspecified atom stereocenters. The Bertz CT molecular complexity index is 807. The normalized spacial score (nSPS) is 12.6. The number of nitriles is 1. The first-order valence-electron chi connectivity index (χ1n) is 7.18. The number of hydrogen-bond donors (Lipinski definition) is 1. The van der Waals surface area contributed by atoms with Gasteiger partial charge in [0.05, 0.1) is 17.7 Å². The number of hydrogen-bond acceptors (Lipinski definition) is 6. The fourth-order valence-electron chi connectivity index (χ4n) is 2.24. The molecule has 1 aromatic carbocycles. The Labute approximate surface area is 140 Å². The molecule has 0 spiro atoms. The molecule has 0 fully saturated rings. The molecule has 7 heteroatoms. The molecule has 1 atom stereocenters. The number of anilines is 1. The Hall–Kier alpha value is -1.88. The van der Waals surface area contributed by atoms with E-state index in [1.54, 1.807) is 12.3 Å². The second-order valence-electron chi connectivity index (χ2n) is 5.07. The van der Waals surface area contributed by atoms with Gasteiger partial charge < -0.3 is 0 Å². The molecule has 0 amide bonds. The van der Waals surface area contributed by atoms with Gasteiger partial charge in [-0.2, -0.15) is 18.0 Å². The third-order valence-electron chi connectivity index (χ3n) is 3.35. The van der Waals surface area contributed by atoms with Crippen molar-refractivity contribution in [3.05, 3.63) is 52.4 Å². The molecule has 0 saturated carbocycles. The summed E-state index contributed by atoms with van der Waals surface area (Å²) < 4.78 is 28.1. The molecule has 0 aliphatic rings. The first-order chi connectivity index (χ1) is 11.0. The predicted octanol–water partition coefficient (Wildman–Crippen LogP) is 3.80. The van der Waals surface area contributed by atoms with E-state index in [0.29, 0.717) is 17.0 Å². The van der Waals surface area contributed by atoms with E-state index in [0.717, 1.165) is 11.1 Å². The molecule has 2 aromatic rings. The van der Waals surface area contributed by atoms with Crippen LogP contribution < -0.4 is 5.48 Å². The van der Waals surface area contributed by atoms with E-state index in [4.69, 9.17) is 4.28 Å². The lowest BCUT2D eigenvalue weighted by Crippen LogP contribution is -2.15. The molecule has 0 aliphatic carbocycles. The zero-order valence-corrected chi connectivity index (χ0v) is 14.6. The Morgan fingerprint density at radius 3 is 2.70 bits per heavy atom. The number of thiophene rings is 1. The summed E-state index contributed by atoms with van der Waals surface area (Å²) in [5, 5.41) is 11.9. The highest BCUT2D eigenvalue weighted by Gasteiger charge is 2.21. The molecule has 122 valence electrons. The van der Waals surface area contributed by atoms with Crippen LogP contribution in [0.25, 0.3) is 0 Å². The second-order valence-corrected chi connectivity index (χ2v) is 7.68. The summed E-state index contributed by atoms with van der Waals surface area (Å²) in [7, 11) is -3.62. The highest BCUT2D eigenvalue weighted by atomic mass is 32.2. The van der Waals surface area contributed by atoms with Crippen molar-refractivity contribution in [2.24, 2.45) is 0 Å². The zero-order valence-electron chi connectivity index (χ0n) is 12.9. The quantitative estimate of drug-likeness (QED) is 0.769. The number of aryl methyl sites for hydroxylation is 1. The molecule has 2 rings (SSSR count). The Morgan fingerprint density at radius 1 is 1.30 bits per heavy atom. The molecular weight excluding hydrogens is 332 g/mol. The summed E-state index contributed by atoms with van der Waals surface area (Å²) in [6.07, 6.45) is 0.478. The van der Waals surface area contributed by atoms with Crippen molar-refractivity contribution in [3.63, 3.8) is 0 Å². The van der Waals surface area contributed by atoms with Crippen LogP contribution in [0.4, 0.5) is 5.00 Å². The Kier molecular flexibility index (Phi) is 5.77. The van der Waals surface area contributed by atoms with Crippen LogP contribution in [0.2, 0.25) is 0 Å². The summed E-state index contributed by atoms with van der Waals surface area (Å²) in [6.45, 7) is 3.71. The maximum absolute atomic E-state index is 11.7. The van der Waals surface area contributed by atoms with Crippen molar-refractivity contribution >= 4 is 26.5 Å². The van der Waals surface area contributed by atoms with Gasteiger partial charge in [-0.25, -0.2) is 5.48 Å².